The summed E-state index contributed by atoms with van der Waals surface area (Å²) in [6.45, 7) is 0.437. The van der Waals surface area contributed by atoms with Gasteiger partial charge in [-0.25, -0.2) is 0 Å². The second kappa shape index (κ2) is 4.91. The van der Waals surface area contributed by atoms with Gasteiger partial charge < -0.3 is 5.73 Å². The number of carbonyl (C=O) groups excluding carboxylic acids is 1. The molecule has 1 saturated carbocycles. The Morgan fingerprint density at radius 2 is 2.12 bits per heavy atom. The van der Waals surface area contributed by atoms with Gasteiger partial charge in [-0.05, 0) is 18.1 Å². The molecule has 0 aliphatic heterocycles. The molecule has 6 heteroatoms. The Hall–Kier alpha value is -1.30. The quantitative estimate of drug-likeness (QED) is 0.810. The molecule has 0 bridgehead atoms. The fraction of sp³-hybridized carbons (Fsp3) is 0.818. The van der Waals surface area contributed by atoms with E-state index in [9.17, 15) is 4.79 Å². The molecule has 0 atom stereocenters. The summed E-state index contributed by atoms with van der Waals surface area (Å²) in [6, 6.07) is 0. The Morgan fingerprint density at radius 3 is 2.65 bits per heavy atom. The number of ketones is 1. The third-order valence-electron chi connectivity index (χ3n) is 3.66. The van der Waals surface area contributed by atoms with E-state index in [1.807, 2.05) is 0 Å². The average molecular weight is 237 g/mol. The van der Waals surface area contributed by atoms with Gasteiger partial charge in [0.2, 0.25) is 0 Å². The fourth-order valence-electron chi connectivity index (χ4n) is 2.55. The topological polar surface area (TPSA) is 86.7 Å². The van der Waals surface area contributed by atoms with E-state index in [2.05, 4.69) is 15.4 Å². The minimum absolute atomic E-state index is 0.174. The van der Waals surface area contributed by atoms with Gasteiger partial charge in [-0.3, -0.25) is 4.79 Å². The summed E-state index contributed by atoms with van der Waals surface area (Å²) in [5.41, 5.74) is 5.48. The molecule has 2 N–H and O–H groups in total. The van der Waals surface area contributed by atoms with Gasteiger partial charge in [-0.1, -0.05) is 19.3 Å². The lowest BCUT2D eigenvalue weighted by Crippen LogP contribution is -2.41. The van der Waals surface area contributed by atoms with Crippen molar-refractivity contribution in [2.75, 3.05) is 6.54 Å². The molecule has 1 fully saturated rings. The van der Waals surface area contributed by atoms with Crippen LogP contribution in [-0.4, -0.2) is 32.5 Å². The largest absolute Gasteiger partial charge is 0.329 e. The Kier molecular flexibility index (Phi) is 3.51. The predicted molar refractivity (Wildman–Crippen MR) is 62.1 cm³/mol. The van der Waals surface area contributed by atoms with Gasteiger partial charge >= 0.3 is 0 Å². The molecule has 6 nitrogen and oxygen atoms in total. The number of hydrogen-bond acceptors (Lipinski definition) is 5. The number of hydrogen-bond donors (Lipinski definition) is 1. The van der Waals surface area contributed by atoms with Crippen LogP contribution in [-0.2, 0) is 18.3 Å². The van der Waals surface area contributed by atoms with Crippen molar-refractivity contribution < 1.29 is 4.79 Å². The highest BCUT2D eigenvalue weighted by molar-refractivity contribution is 5.86. The second-order valence-electron chi connectivity index (χ2n) is 4.84. The molecule has 0 unspecified atom stereocenters. The zero-order valence-electron chi connectivity index (χ0n) is 10.2. The van der Waals surface area contributed by atoms with Crippen LogP contribution >= 0.6 is 0 Å². The molecule has 0 radical (unpaired) electrons. The van der Waals surface area contributed by atoms with Gasteiger partial charge in [0.1, 0.15) is 5.78 Å². The summed E-state index contributed by atoms with van der Waals surface area (Å²) < 4.78 is 0. The summed E-state index contributed by atoms with van der Waals surface area (Å²) in [7, 11) is 1.69. The molecule has 2 rings (SSSR count). The minimum atomic E-state index is -0.336. The van der Waals surface area contributed by atoms with Crippen LogP contribution in [0.4, 0.5) is 0 Å². The van der Waals surface area contributed by atoms with Gasteiger partial charge in [0.05, 0.1) is 13.5 Å². The van der Waals surface area contributed by atoms with E-state index in [-0.39, 0.29) is 17.6 Å². The number of nitrogens with two attached hydrogens (primary N) is 1. The average Bonchev–Trinajstić information content (AvgIpc) is 2.75. The molecule has 1 heterocycles. The lowest BCUT2D eigenvalue weighted by Gasteiger charge is -2.34. The van der Waals surface area contributed by atoms with E-state index < -0.39 is 0 Å². The maximum absolute atomic E-state index is 12.3. The minimum Gasteiger partial charge on any atom is -0.329 e. The normalized spacial score (nSPS) is 19.2. The van der Waals surface area contributed by atoms with E-state index >= 15 is 0 Å². The monoisotopic (exact) mass is 237 g/mol. The maximum atomic E-state index is 12.3. The zero-order valence-corrected chi connectivity index (χ0v) is 10.2. The van der Waals surface area contributed by atoms with Crippen LogP contribution in [0.25, 0.3) is 0 Å². The highest BCUT2D eigenvalue weighted by Gasteiger charge is 2.38. The molecular weight excluding hydrogens is 218 g/mol. The van der Waals surface area contributed by atoms with Crippen molar-refractivity contribution in [1.82, 2.24) is 20.2 Å². The third-order valence-corrected chi connectivity index (χ3v) is 3.66. The van der Waals surface area contributed by atoms with E-state index in [1.165, 1.54) is 11.2 Å². The van der Waals surface area contributed by atoms with Crippen LogP contribution in [0.1, 0.15) is 37.9 Å². The molecule has 0 spiro atoms. The van der Waals surface area contributed by atoms with Gasteiger partial charge in [-0.2, -0.15) is 4.80 Å². The number of carbonyl (C=O) groups is 1. The molecule has 1 aromatic heterocycles. The first-order valence-electron chi connectivity index (χ1n) is 6.12. The molecule has 1 aliphatic rings. The fourth-order valence-corrected chi connectivity index (χ4v) is 2.55. The molecule has 0 aromatic carbocycles. The Morgan fingerprint density at radius 1 is 1.41 bits per heavy atom. The molecular formula is C11H19N5O. The van der Waals surface area contributed by atoms with Crippen LogP contribution in [0.15, 0.2) is 0 Å². The predicted octanol–water partition coefficient (Wildman–Crippen LogP) is 0.231. The number of rotatable bonds is 4. The molecule has 1 aromatic rings. The van der Waals surface area contributed by atoms with Crippen molar-refractivity contribution in [3.05, 3.63) is 5.82 Å². The van der Waals surface area contributed by atoms with E-state index in [0.717, 1.165) is 25.7 Å². The number of Topliss-reactive ketones (excluding diaryl/α,β-unsaturated/α-hetero) is 1. The summed E-state index contributed by atoms with van der Waals surface area (Å²) in [6.07, 6.45) is 5.46. The van der Waals surface area contributed by atoms with Gasteiger partial charge in [-0.15, -0.1) is 10.2 Å². The van der Waals surface area contributed by atoms with Crippen molar-refractivity contribution in [3.63, 3.8) is 0 Å². The van der Waals surface area contributed by atoms with Crippen molar-refractivity contribution in [3.8, 4) is 0 Å². The second-order valence-corrected chi connectivity index (χ2v) is 4.84. The number of aromatic nitrogens is 4. The van der Waals surface area contributed by atoms with Gasteiger partial charge in [0, 0.05) is 12.0 Å². The van der Waals surface area contributed by atoms with E-state index in [4.69, 9.17) is 5.73 Å². The smallest absolute Gasteiger partial charge is 0.182 e. The van der Waals surface area contributed by atoms with Crippen LogP contribution in [0.2, 0.25) is 0 Å². The first kappa shape index (κ1) is 12.2. The maximum Gasteiger partial charge on any atom is 0.182 e. The van der Waals surface area contributed by atoms with E-state index in [1.54, 1.807) is 7.05 Å². The molecule has 0 amide bonds. The first-order valence-corrected chi connectivity index (χ1v) is 6.12. The van der Waals surface area contributed by atoms with Gasteiger partial charge in [0.15, 0.2) is 5.82 Å². The summed E-state index contributed by atoms with van der Waals surface area (Å²) in [5, 5.41) is 11.6. The van der Waals surface area contributed by atoms with Crippen molar-refractivity contribution >= 4 is 5.78 Å². The van der Waals surface area contributed by atoms with Crippen molar-refractivity contribution in [1.29, 1.82) is 0 Å². The highest BCUT2D eigenvalue weighted by atomic mass is 16.1. The summed E-state index contributed by atoms with van der Waals surface area (Å²) in [5.74, 6) is 0.670. The highest BCUT2D eigenvalue weighted by Crippen LogP contribution is 2.36. The number of aryl methyl sites for hydroxylation is 1. The van der Waals surface area contributed by atoms with Gasteiger partial charge in [0.25, 0.3) is 0 Å². The Bertz CT molecular complexity index is 394. The number of nitrogens with zero attached hydrogens (tertiary/aromatic N) is 4. The van der Waals surface area contributed by atoms with Crippen LogP contribution in [0.3, 0.4) is 0 Å². The van der Waals surface area contributed by atoms with E-state index in [0.29, 0.717) is 12.4 Å². The lowest BCUT2D eigenvalue weighted by molar-refractivity contribution is -0.129. The Labute approximate surface area is 101 Å². The summed E-state index contributed by atoms with van der Waals surface area (Å²) in [4.78, 5) is 13.7. The standard InChI is InChI=1S/C11H19N5O/c1-16-14-10(13-15-16)7-9(17)11(8-12)5-3-2-4-6-11/h2-8,12H2,1H3. The Balaban J connectivity index is 2.07. The SMILES string of the molecule is Cn1nnc(CC(=O)C2(CN)CCCCC2)n1. The molecule has 94 valence electrons. The lowest BCUT2D eigenvalue weighted by atomic mass is 9.70. The molecule has 0 saturated heterocycles. The van der Waals surface area contributed by atoms with Crippen LogP contribution in [0.5, 0.6) is 0 Å². The molecule has 1 aliphatic carbocycles. The first-order chi connectivity index (χ1) is 8.16. The summed E-state index contributed by atoms with van der Waals surface area (Å²) >= 11 is 0. The van der Waals surface area contributed by atoms with Crippen LogP contribution in [0, 0.1) is 5.41 Å². The number of tetrazole rings is 1. The van der Waals surface area contributed by atoms with Crippen LogP contribution < -0.4 is 5.73 Å². The zero-order chi connectivity index (χ0) is 12.3. The van der Waals surface area contributed by atoms with Crippen molar-refractivity contribution in [2.24, 2.45) is 18.2 Å². The van der Waals surface area contributed by atoms with Crippen molar-refractivity contribution in [2.45, 2.75) is 38.5 Å². The third kappa shape index (κ3) is 2.52. The molecule has 17 heavy (non-hydrogen) atoms.